The first-order chi connectivity index (χ1) is 18.2. The Kier molecular flexibility index (Phi) is 8.59. The Labute approximate surface area is 217 Å². The van der Waals surface area contributed by atoms with Crippen LogP contribution in [-0.4, -0.2) is 67.9 Å². The number of hydrogen-bond donors (Lipinski definition) is 1. The van der Waals surface area contributed by atoms with Gasteiger partial charge in [0.1, 0.15) is 0 Å². The number of hydrogen-bond acceptors (Lipinski definition) is 7. The van der Waals surface area contributed by atoms with Gasteiger partial charge in [-0.15, -0.1) is 13.2 Å². The molecule has 0 radical (unpaired) electrons. The van der Waals surface area contributed by atoms with Crippen molar-refractivity contribution in [3.05, 3.63) is 71.9 Å². The Balaban J connectivity index is 1.49. The molecule has 2 heterocycles. The summed E-state index contributed by atoms with van der Waals surface area (Å²) in [5, 5.41) is 2.46. The number of carbonyl (C=O) groups is 2. The number of methoxy groups -OCH3 is 1. The monoisotopic (exact) mass is 529 g/mol. The lowest BCUT2D eigenvalue weighted by Crippen LogP contribution is -2.41. The molecule has 1 fully saturated rings. The lowest BCUT2D eigenvalue weighted by Gasteiger charge is -2.26. The van der Waals surface area contributed by atoms with Crippen molar-refractivity contribution in [1.29, 1.82) is 0 Å². The van der Waals surface area contributed by atoms with Crippen molar-refractivity contribution in [3.63, 3.8) is 0 Å². The molecule has 1 aliphatic heterocycles. The molecule has 3 aromatic rings. The van der Waals surface area contributed by atoms with E-state index in [0.717, 1.165) is 17.2 Å². The van der Waals surface area contributed by atoms with Gasteiger partial charge in [0.25, 0.3) is 0 Å². The van der Waals surface area contributed by atoms with E-state index in [2.05, 4.69) is 15.0 Å². The van der Waals surface area contributed by atoms with E-state index in [1.54, 1.807) is 24.4 Å². The highest BCUT2D eigenvalue weighted by atomic mass is 19.4. The summed E-state index contributed by atoms with van der Waals surface area (Å²) in [5.41, 5.74) is 2.26. The molecule has 8 nitrogen and oxygen atoms in total. The van der Waals surface area contributed by atoms with Crippen molar-refractivity contribution in [1.82, 2.24) is 9.88 Å². The minimum Gasteiger partial charge on any atom is -0.481 e. The molecular weight excluding hydrogens is 503 g/mol. The lowest BCUT2D eigenvalue weighted by molar-refractivity contribution is -0.274. The molecular formula is C27H26F3N3O5. The Morgan fingerprint density at radius 3 is 2.50 bits per heavy atom. The number of Topliss-reactive ketones (excluding diaryl/α,β-unsaturated/α-hetero) is 1. The predicted molar refractivity (Wildman–Crippen MR) is 133 cm³/mol. The van der Waals surface area contributed by atoms with Crippen LogP contribution in [0.25, 0.3) is 11.1 Å². The van der Waals surface area contributed by atoms with Crippen molar-refractivity contribution < 1.29 is 37.0 Å². The second-order valence-electron chi connectivity index (χ2n) is 8.55. The quantitative estimate of drug-likeness (QED) is 0.412. The second kappa shape index (κ2) is 12.1. The number of carbonyl (C=O) groups excluding carboxylic acids is 2. The number of alkyl halides is 3. The van der Waals surface area contributed by atoms with Crippen LogP contribution < -0.4 is 14.8 Å². The maximum Gasteiger partial charge on any atom is 0.573 e. The Morgan fingerprint density at radius 2 is 1.82 bits per heavy atom. The van der Waals surface area contributed by atoms with Gasteiger partial charge in [0.15, 0.2) is 11.5 Å². The van der Waals surface area contributed by atoms with E-state index in [1.165, 1.54) is 19.2 Å². The number of ether oxygens (including phenoxy) is 3. The van der Waals surface area contributed by atoms with E-state index in [9.17, 15) is 22.8 Å². The molecule has 200 valence electrons. The van der Waals surface area contributed by atoms with Gasteiger partial charge in [0.05, 0.1) is 32.6 Å². The first-order valence-corrected chi connectivity index (χ1v) is 11.8. The van der Waals surface area contributed by atoms with Crippen molar-refractivity contribution in [2.24, 2.45) is 0 Å². The standard InChI is InChI=1S/C27H26F3N3O5/c1-36-26-21(3-2-10-31-26)19-6-4-18(5-7-19)15-23(34)20-8-9-24(38-27(28,29)30)22(16-20)32-25(35)17-33-11-13-37-14-12-33/h2-10,16H,11-15,17H2,1H3,(H,32,35). The van der Waals surface area contributed by atoms with Gasteiger partial charge in [-0.25, -0.2) is 4.98 Å². The molecule has 4 rings (SSSR count). The Hall–Kier alpha value is -3.96. The Morgan fingerprint density at radius 1 is 1.08 bits per heavy atom. The van der Waals surface area contributed by atoms with E-state index < -0.39 is 18.0 Å². The fourth-order valence-corrected chi connectivity index (χ4v) is 4.03. The summed E-state index contributed by atoms with van der Waals surface area (Å²) in [6, 6.07) is 14.4. The topological polar surface area (TPSA) is 90.0 Å². The van der Waals surface area contributed by atoms with Crippen LogP contribution >= 0.6 is 0 Å². The Bertz CT molecular complexity index is 1280. The van der Waals surface area contributed by atoms with Gasteiger partial charge in [-0.3, -0.25) is 14.5 Å². The number of amides is 1. The summed E-state index contributed by atoms with van der Waals surface area (Å²) in [5.74, 6) is -0.983. The molecule has 2 aromatic carbocycles. The first kappa shape index (κ1) is 27.1. The number of nitrogens with zero attached hydrogens (tertiary/aromatic N) is 2. The van der Waals surface area contributed by atoms with E-state index in [4.69, 9.17) is 9.47 Å². The molecule has 1 amide bonds. The number of anilines is 1. The summed E-state index contributed by atoms with van der Waals surface area (Å²) in [6.07, 6.45) is -3.33. The molecule has 1 aliphatic rings. The largest absolute Gasteiger partial charge is 0.573 e. The molecule has 0 unspecified atom stereocenters. The van der Waals surface area contributed by atoms with Crippen molar-refractivity contribution >= 4 is 17.4 Å². The van der Waals surface area contributed by atoms with Gasteiger partial charge in [-0.05, 0) is 41.5 Å². The van der Waals surface area contributed by atoms with Gasteiger partial charge in [-0.1, -0.05) is 24.3 Å². The first-order valence-electron chi connectivity index (χ1n) is 11.8. The maximum absolute atomic E-state index is 13.0. The normalized spacial score (nSPS) is 14.1. The van der Waals surface area contributed by atoms with Crippen LogP contribution in [0.3, 0.4) is 0 Å². The zero-order valence-corrected chi connectivity index (χ0v) is 20.6. The van der Waals surface area contributed by atoms with Crippen LogP contribution in [0.4, 0.5) is 18.9 Å². The highest BCUT2D eigenvalue weighted by Crippen LogP contribution is 2.32. The number of halogens is 3. The summed E-state index contributed by atoms with van der Waals surface area (Å²) in [7, 11) is 1.53. The molecule has 38 heavy (non-hydrogen) atoms. The number of morpholine rings is 1. The number of nitrogens with one attached hydrogen (secondary N) is 1. The summed E-state index contributed by atoms with van der Waals surface area (Å²) in [6.45, 7) is 1.97. The third-order valence-corrected chi connectivity index (χ3v) is 5.87. The fourth-order valence-electron chi connectivity index (χ4n) is 4.03. The van der Waals surface area contributed by atoms with Gasteiger partial charge in [0.2, 0.25) is 11.8 Å². The summed E-state index contributed by atoms with van der Waals surface area (Å²) >= 11 is 0. The number of benzene rings is 2. The van der Waals surface area contributed by atoms with Crippen LogP contribution in [0.5, 0.6) is 11.6 Å². The molecule has 0 spiro atoms. The highest BCUT2D eigenvalue weighted by molar-refractivity contribution is 6.00. The molecule has 0 aliphatic carbocycles. The molecule has 1 saturated heterocycles. The van der Waals surface area contributed by atoms with E-state index in [-0.39, 0.29) is 30.0 Å². The molecule has 0 saturated carbocycles. The minimum atomic E-state index is -4.96. The van der Waals surface area contributed by atoms with Crippen molar-refractivity contribution in [3.8, 4) is 22.8 Å². The van der Waals surface area contributed by atoms with E-state index >= 15 is 0 Å². The zero-order chi connectivity index (χ0) is 27.1. The smallest absolute Gasteiger partial charge is 0.481 e. The second-order valence-corrected chi connectivity index (χ2v) is 8.55. The third kappa shape index (κ3) is 7.30. The zero-order valence-electron chi connectivity index (χ0n) is 20.6. The third-order valence-electron chi connectivity index (χ3n) is 5.87. The van der Waals surface area contributed by atoms with Gasteiger partial charge >= 0.3 is 6.36 Å². The lowest BCUT2D eigenvalue weighted by atomic mass is 9.99. The van der Waals surface area contributed by atoms with Gasteiger partial charge < -0.3 is 19.5 Å². The molecule has 0 bridgehead atoms. The van der Waals surface area contributed by atoms with Crippen LogP contribution in [0.1, 0.15) is 15.9 Å². The molecule has 0 atom stereocenters. The van der Waals surface area contributed by atoms with E-state index in [1.807, 2.05) is 23.1 Å². The molecule has 11 heteroatoms. The molecule has 1 aromatic heterocycles. The van der Waals surface area contributed by atoms with Crippen LogP contribution in [0.15, 0.2) is 60.8 Å². The van der Waals surface area contributed by atoms with Crippen LogP contribution in [0.2, 0.25) is 0 Å². The maximum atomic E-state index is 13.0. The highest BCUT2D eigenvalue weighted by Gasteiger charge is 2.32. The number of rotatable bonds is 9. The van der Waals surface area contributed by atoms with Crippen molar-refractivity contribution in [2.75, 3.05) is 45.3 Å². The van der Waals surface area contributed by atoms with Gasteiger partial charge in [-0.2, -0.15) is 0 Å². The molecule has 1 N–H and O–H groups in total. The minimum absolute atomic E-state index is 0.00505. The van der Waals surface area contributed by atoms with Gasteiger partial charge in [0, 0.05) is 36.8 Å². The average molecular weight is 530 g/mol. The fraction of sp³-hybridized carbons (Fsp3) is 0.296. The summed E-state index contributed by atoms with van der Waals surface area (Å²) in [4.78, 5) is 31.5. The summed E-state index contributed by atoms with van der Waals surface area (Å²) < 4.78 is 53.4. The SMILES string of the molecule is COc1ncccc1-c1ccc(CC(=O)c2ccc(OC(F)(F)F)c(NC(=O)CN3CCOCC3)c2)cc1. The number of ketones is 1. The average Bonchev–Trinajstić information content (AvgIpc) is 2.90. The van der Waals surface area contributed by atoms with Crippen molar-refractivity contribution in [2.45, 2.75) is 12.8 Å². The number of pyridine rings is 1. The van der Waals surface area contributed by atoms with Crippen LogP contribution in [0, 0.1) is 0 Å². The number of aromatic nitrogens is 1. The predicted octanol–water partition coefficient (Wildman–Crippen LogP) is 4.35. The van der Waals surface area contributed by atoms with Crippen LogP contribution in [-0.2, 0) is 16.0 Å². The van der Waals surface area contributed by atoms with E-state index in [0.29, 0.717) is 37.7 Å².